The number of rotatable bonds is 2. The standard InChI is InChI=1S/C20H26FN3O4/c1-20(2,3)28-19(25)24-8-7-23-11-17(27-12-13(23)10-24)14-5-6-16(21)15(9-22)18(14)26-4/h5-6,13,17H,7-8,10-12H2,1-4H3/t13?,17-/m0/s1. The molecule has 0 radical (unpaired) electrons. The number of piperazine rings is 1. The Bertz CT molecular complexity index is 787. The number of hydrogen-bond acceptors (Lipinski definition) is 6. The Morgan fingerprint density at radius 1 is 1.32 bits per heavy atom. The average molecular weight is 391 g/mol. The molecule has 0 saturated carbocycles. The molecule has 2 heterocycles. The van der Waals surface area contributed by atoms with Crippen LogP contribution in [0.3, 0.4) is 0 Å². The summed E-state index contributed by atoms with van der Waals surface area (Å²) >= 11 is 0. The van der Waals surface area contributed by atoms with Gasteiger partial charge in [0.05, 0.1) is 25.9 Å². The van der Waals surface area contributed by atoms with Gasteiger partial charge >= 0.3 is 6.09 Å². The van der Waals surface area contributed by atoms with Gasteiger partial charge in [-0.3, -0.25) is 4.90 Å². The Balaban J connectivity index is 1.69. The van der Waals surface area contributed by atoms with E-state index >= 15 is 0 Å². The Kier molecular flexibility index (Phi) is 5.77. The molecule has 1 aromatic rings. The quantitative estimate of drug-likeness (QED) is 0.772. The molecule has 3 rings (SSSR count). The lowest BCUT2D eigenvalue weighted by Crippen LogP contribution is -2.60. The van der Waals surface area contributed by atoms with Crippen molar-refractivity contribution in [2.75, 3.05) is 39.9 Å². The number of nitriles is 1. The highest BCUT2D eigenvalue weighted by Gasteiger charge is 2.37. The van der Waals surface area contributed by atoms with E-state index in [1.807, 2.05) is 26.8 Å². The van der Waals surface area contributed by atoms with Gasteiger partial charge in [-0.1, -0.05) is 0 Å². The van der Waals surface area contributed by atoms with E-state index in [0.29, 0.717) is 38.3 Å². The maximum atomic E-state index is 13.9. The monoisotopic (exact) mass is 391 g/mol. The smallest absolute Gasteiger partial charge is 0.410 e. The first-order valence-corrected chi connectivity index (χ1v) is 9.33. The molecule has 7 nitrogen and oxygen atoms in total. The van der Waals surface area contributed by atoms with Crippen LogP contribution in [0.25, 0.3) is 0 Å². The predicted molar refractivity (Wildman–Crippen MR) is 99.5 cm³/mol. The van der Waals surface area contributed by atoms with Crippen molar-refractivity contribution in [3.63, 3.8) is 0 Å². The number of hydrogen-bond donors (Lipinski definition) is 0. The average Bonchev–Trinajstić information content (AvgIpc) is 2.65. The zero-order valence-electron chi connectivity index (χ0n) is 16.7. The molecule has 1 amide bonds. The van der Waals surface area contributed by atoms with Crippen molar-refractivity contribution in [1.29, 1.82) is 5.26 Å². The number of methoxy groups -OCH3 is 1. The fourth-order valence-electron chi connectivity index (χ4n) is 3.62. The summed E-state index contributed by atoms with van der Waals surface area (Å²) in [6, 6.07) is 4.81. The first-order chi connectivity index (χ1) is 13.2. The first-order valence-electron chi connectivity index (χ1n) is 9.33. The highest BCUT2D eigenvalue weighted by atomic mass is 19.1. The second kappa shape index (κ2) is 7.94. The molecule has 0 aromatic heterocycles. The number of carbonyl (C=O) groups excluding carboxylic acids is 1. The molecule has 2 aliphatic rings. The minimum atomic E-state index is -0.609. The van der Waals surface area contributed by atoms with Crippen LogP contribution in [0.5, 0.6) is 5.75 Å². The highest BCUT2D eigenvalue weighted by Crippen LogP contribution is 2.35. The van der Waals surface area contributed by atoms with E-state index in [9.17, 15) is 14.4 Å². The van der Waals surface area contributed by atoms with Gasteiger partial charge < -0.3 is 19.1 Å². The third kappa shape index (κ3) is 4.21. The summed E-state index contributed by atoms with van der Waals surface area (Å²) in [5.41, 5.74) is 0.0221. The molecule has 0 spiro atoms. The lowest BCUT2D eigenvalue weighted by Gasteiger charge is -2.46. The number of carbonyl (C=O) groups is 1. The molecule has 2 fully saturated rings. The van der Waals surface area contributed by atoms with Crippen molar-refractivity contribution < 1.29 is 23.4 Å². The van der Waals surface area contributed by atoms with Crippen LogP contribution >= 0.6 is 0 Å². The molecule has 2 saturated heterocycles. The van der Waals surface area contributed by atoms with Crippen LogP contribution in [0.4, 0.5) is 9.18 Å². The molecule has 28 heavy (non-hydrogen) atoms. The molecular weight excluding hydrogens is 365 g/mol. The summed E-state index contributed by atoms with van der Waals surface area (Å²) in [6.07, 6.45) is -0.639. The Morgan fingerprint density at radius 2 is 2.07 bits per heavy atom. The van der Waals surface area contributed by atoms with Gasteiger partial charge in [0.2, 0.25) is 0 Å². The molecule has 0 aliphatic carbocycles. The number of morpholine rings is 1. The number of benzene rings is 1. The van der Waals surface area contributed by atoms with Gasteiger partial charge in [0.25, 0.3) is 0 Å². The van der Waals surface area contributed by atoms with Crippen LogP contribution in [0.15, 0.2) is 12.1 Å². The van der Waals surface area contributed by atoms with Crippen molar-refractivity contribution in [2.24, 2.45) is 0 Å². The van der Waals surface area contributed by atoms with Crippen molar-refractivity contribution in [1.82, 2.24) is 9.80 Å². The summed E-state index contributed by atoms with van der Waals surface area (Å²) in [5.74, 6) is -0.388. The van der Waals surface area contributed by atoms with Crippen LogP contribution < -0.4 is 4.74 Å². The van der Waals surface area contributed by atoms with E-state index in [0.717, 1.165) is 0 Å². The lowest BCUT2D eigenvalue weighted by atomic mass is 10.0. The maximum Gasteiger partial charge on any atom is 0.410 e. The molecular formula is C20H26FN3O4. The predicted octanol–water partition coefficient (Wildman–Crippen LogP) is 2.70. The van der Waals surface area contributed by atoms with Crippen LogP contribution in [0, 0.1) is 17.1 Å². The Labute approximate surface area is 164 Å². The van der Waals surface area contributed by atoms with Gasteiger partial charge in [-0.15, -0.1) is 0 Å². The summed E-state index contributed by atoms with van der Waals surface area (Å²) in [6.45, 7) is 8.35. The van der Waals surface area contributed by atoms with Crippen LogP contribution in [0.2, 0.25) is 0 Å². The molecule has 1 aromatic carbocycles. The lowest BCUT2D eigenvalue weighted by molar-refractivity contribution is -0.0911. The Hall–Kier alpha value is -2.37. The van der Waals surface area contributed by atoms with Gasteiger partial charge in [0.15, 0.2) is 0 Å². The molecule has 2 aliphatic heterocycles. The largest absolute Gasteiger partial charge is 0.495 e. The third-order valence-corrected chi connectivity index (χ3v) is 4.95. The first kappa shape index (κ1) is 20.4. The molecule has 8 heteroatoms. The number of amides is 1. The van der Waals surface area contributed by atoms with E-state index < -0.39 is 11.4 Å². The van der Waals surface area contributed by atoms with Crippen molar-refractivity contribution in [3.8, 4) is 11.8 Å². The van der Waals surface area contributed by atoms with Gasteiger partial charge in [-0.05, 0) is 32.9 Å². The minimum absolute atomic E-state index is 0.0689. The maximum absolute atomic E-state index is 13.9. The van der Waals surface area contributed by atoms with Gasteiger partial charge in [-0.2, -0.15) is 5.26 Å². The van der Waals surface area contributed by atoms with Crippen molar-refractivity contribution in [3.05, 3.63) is 29.1 Å². The molecule has 0 bridgehead atoms. The fourth-order valence-corrected chi connectivity index (χ4v) is 3.62. The Morgan fingerprint density at radius 3 is 2.71 bits per heavy atom. The number of nitrogens with zero attached hydrogens (tertiary/aromatic N) is 3. The molecule has 1 unspecified atom stereocenters. The zero-order chi connectivity index (χ0) is 20.5. The molecule has 152 valence electrons. The minimum Gasteiger partial charge on any atom is -0.495 e. The number of fused-ring (bicyclic) bond motifs is 1. The van der Waals surface area contributed by atoms with E-state index in [-0.39, 0.29) is 29.6 Å². The summed E-state index contributed by atoms with van der Waals surface area (Å²) in [5, 5.41) is 9.23. The van der Waals surface area contributed by atoms with Crippen LogP contribution in [-0.4, -0.2) is 67.4 Å². The van der Waals surface area contributed by atoms with Crippen LogP contribution in [-0.2, 0) is 9.47 Å². The van der Waals surface area contributed by atoms with Gasteiger partial charge in [0, 0.05) is 31.7 Å². The van der Waals surface area contributed by atoms with E-state index in [1.165, 1.54) is 13.2 Å². The summed E-state index contributed by atoms with van der Waals surface area (Å²) in [7, 11) is 1.42. The second-order valence-corrected chi connectivity index (χ2v) is 8.05. The second-order valence-electron chi connectivity index (χ2n) is 8.05. The normalized spacial score (nSPS) is 22.9. The van der Waals surface area contributed by atoms with Gasteiger partial charge in [0.1, 0.15) is 28.8 Å². The van der Waals surface area contributed by atoms with E-state index in [2.05, 4.69) is 4.90 Å². The van der Waals surface area contributed by atoms with Crippen molar-refractivity contribution in [2.45, 2.75) is 38.5 Å². The van der Waals surface area contributed by atoms with Crippen molar-refractivity contribution >= 4 is 6.09 Å². The zero-order valence-corrected chi connectivity index (χ0v) is 16.7. The number of halogens is 1. The summed E-state index contributed by atoms with van der Waals surface area (Å²) < 4.78 is 30.7. The van der Waals surface area contributed by atoms with E-state index in [4.69, 9.17) is 14.2 Å². The molecule has 0 N–H and O–H groups in total. The highest BCUT2D eigenvalue weighted by molar-refractivity contribution is 5.68. The number of ether oxygens (including phenoxy) is 3. The topological polar surface area (TPSA) is 75.0 Å². The fraction of sp³-hybridized carbons (Fsp3) is 0.600. The third-order valence-electron chi connectivity index (χ3n) is 4.95. The SMILES string of the molecule is COc1c([C@@H]2CN3CCN(C(=O)OC(C)(C)C)CC3CO2)ccc(F)c1C#N. The van der Waals surface area contributed by atoms with Gasteiger partial charge in [-0.25, -0.2) is 9.18 Å². The summed E-state index contributed by atoms with van der Waals surface area (Å²) in [4.78, 5) is 16.3. The van der Waals surface area contributed by atoms with E-state index in [1.54, 1.807) is 11.0 Å². The van der Waals surface area contributed by atoms with Crippen LogP contribution in [0.1, 0.15) is 38.0 Å². The molecule has 2 atom stereocenters.